The number of ether oxygens (including phenoxy) is 1. The van der Waals surface area contributed by atoms with E-state index >= 15 is 0 Å². The Morgan fingerprint density at radius 2 is 1.90 bits per heavy atom. The lowest BCUT2D eigenvalue weighted by atomic mass is 10.2. The van der Waals surface area contributed by atoms with Gasteiger partial charge in [-0.25, -0.2) is 4.79 Å². The molecule has 2 aromatic rings. The first-order valence-electron chi connectivity index (χ1n) is 6.34. The molecule has 0 unspecified atom stereocenters. The van der Waals surface area contributed by atoms with Crippen molar-refractivity contribution in [1.29, 1.82) is 0 Å². The van der Waals surface area contributed by atoms with Crippen LogP contribution in [0.3, 0.4) is 0 Å². The highest BCUT2D eigenvalue weighted by Crippen LogP contribution is 2.20. The molecule has 4 nitrogen and oxygen atoms in total. The van der Waals surface area contributed by atoms with Crippen molar-refractivity contribution >= 4 is 40.5 Å². The van der Waals surface area contributed by atoms with Gasteiger partial charge in [-0.05, 0) is 71.5 Å². The number of para-hydroxylation sites is 1. The van der Waals surface area contributed by atoms with Crippen molar-refractivity contribution in [2.45, 2.75) is 13.0 Å². The number of aliphatic imine (C=N–C) groups is 1. The van der Waals surface area contributed by atoms with Crippen molar-refractivity contribution in [2.24, 2.45) is 4.99 Å². The van der Waals surface area contributed by atoms with Crippen LogP contribution in [0.2, 0.25) is 0 Å². The standard InChI is InChI=1S/C16H14INO3/c1-11(16(19)20)21-13-8-6-12(7-9-13)10-18-15-5-3-2-4-14(15)17/h2-11H,1H3,(H,19,20)/t11-/m1/s1. The van der Waals surface area contributed by atoms with E-state index in [9.17, 15) is 4.79 Å². The molecule has 5 heteroatoms. The first-order chi connectivity index (χ1) is 10.1. The van der Waals surface area contributed by atoms with Gasteiger partial charge in [-0.1, -0.05) is 12.1 Å². The van der Waals surface area contributed by atoms with E-state index in [1.165, 1.54) is 6.92 Å². The largest absolute Gasteiger partial charge is 0.479 e. The summed E-state index contributed by atoms with van der Waals surface area (Å²) in [6, 6.07) is 15.0. The molecular formula is C16H14INO3. The van der Waals surface area contributed by atoms with Gasteiger partial charge in [0.25, 0.3) is 0 Å². The third kappa shape index (κ3) is 4.56. The summed E-state index contributed by atoms with van der Waals surface area (Å²) < 4.78 is 6.35. The molecule has 1 N–H and O–H groups in total. The maximum atomic E-state index is 10.7. The maximum Gasteiger partial charge on any atom is 0.344 e. The number of carbonyl (C=O) groups is 1. The number of benzene rings is 2. The highest BCUT2D eigenvalue weighted by atomic mass is 127. The molecule has 2 rings (SSSR count). The van der Waals surface area contributed by atoms with Crippen LogP contribution < -0.4 is 4.74 Å². The second-order valence-corrected chi connectivity index (χ2v) is 5.54. The van der Waals surface area contributed by atoms with Crippen molar-refractivity contribution in [2.75, 3.05) is 0 Å². The van der Waals surface area contributed by atoms with Crippen LogP contribution in [0.5, 0.6) is 5.75 Å². The Bertz CT molecular complexity index is 653. The second kappa shape index (κ2) is 7.21. The average molecular weight is 395 g/mol. The van der Waals surface area contributed by atoms with Gasteiger partial charge in [0.15, 0.2) is 6.10 Å². The minimum atomic E-state index is -0.987. The zero-order valence-corrected chi connectivity index (χ0v) is 13.5. The molecule has 0 amide bonds. The molecule has 108 valence electrons. The van der Waals surface area contributed by atoms with E-state index in [0.29, 0.717) is 5.75 Å². The van der Waals surface area contributed by atoms with Crippen molar-refractivity contribution < 1.29 is 14.6 Å². The number of halogens is 1. The minimum Gasteiger partial charge on any atom is -0.479 e. The summed E-state index contributed by atoms with van der Waals surface area (Å²) in [6.45, 7) is 1.50. The third-order valence-electron chi connectivity index (χ3n) is 2.75. The molecule has 0 aromatic heterocycles. The van der Waals surface area contributed by atoms with Gasteiger partial charge in [-0.15, -0.1) is 0 Å². The lowest BCUT2D eigenvalue weighted by Gasteiger charge is -2.09. The summed E-state index contributed by atoms with van der Waals surface area (Å²) in [5.74, 6) is -0.462. The van der Waals surface area contributed by atoms with Crippen molar-refractivity contribution in [3.63, 3.8) is 0 Å². The number of rotatable bonds is 5. The molecule has 0 heterocycles. The second-order valence-electron chi connectivity index (χ2n) is 4.38. The minimum absolute atomic E-state index is 0.524. The molecule has 21 heavy (non-hydrogen) atoms. The smallest absolute Gasteiger partial charge is 0.344 e. The molecule has 0 spiro atoms. The van der Waals surface area contributed by atoms with Gasteiger partial charge < -0.3 is 9.84 Å². The van der Waals surface area contributed by atoms with Gasteiger partial charge in [0, 0.05) is 9.78 Å². The number of hydrogen-bond donors (Lipinski definition) is 1. The molecule has 0 bridgehead atoms. The molecule has 0 aliphatic carbocycles. The number of carboxylic acid groups (broad SMARTS) is 1. The fourth-order valence-corrected chi connectivity index (χ4v) is 2.11. The van der Waals surface area contributed by atoms with E-state index in [1.807, 2.05) is 36.4 Å². The molecule has 0 aliphatic heterocycles. The van der Waals surface area contributed by atoms with Gasteiger partial charge in [0.1, 0.15) is 5.75 Å². The molecule has 0 saturated carbocycles. The molecule has 0 radical (unpaired) electrons. The van der Waals surface area contributed by atoms with E-state index in [2.05, 4.69) is 27.6 Å². The molecule has 0 fully saturated rings. The molecule has 0 saturated heterocycles. The van der Waals surface area contributed by atoms with Gasteiger partial charge in [-0.2, -0.15) is 0 Å². The number of aliphatic carboxylic acids is 1. The topological polar surface area (TPSA) is 58.9 Å². The van der Waals surface area contributed by atoms with Crippen LogP contribution in [0, 0.1) is 3.57 Å². The Balaban J connectivity index is 2.06. The van der Waals surface area contributed by atoms with E-state index in [4.69, 9.17) is 9.84 Å². The summed E-state index contributed by atoms with van der Waals surface area (Å²) in [6.07, 6.45) is 0.900. The first-order valence-corrected chi connectivity index (χ1v) is 7.42. The summed E-state index contributed by atoms with van der Waals surface area (Å²) in [4.78, 5) is 15.1. The Hall–Kier alpha value is -1.89. The predicted molar refractivity (Wildman–Crippen MR) is 90.6 cm³/mol. The van der Waals surface area contributed by atoms with Gasteiger partial charge in [-0.3, -0.25) is 4.99 Å². The fraction of sp³-hybridized carbons (Fsp3) is 0.125. The molecule has 1 atom stereocenters. The normalized spacial score (nSPS) is 12.3. The van der Waals surface area contributed by atoms with E-state index in [-0.39, 0.29) is 0 Å². The van der Waals surface area contributed by atoms with Crippen LogP contribution in [-0.2, 0) is 4.79 Å². The van der Waals surface area contributed by atoms with Gasteiger partial charge in [0.05, 0.1) is 5.69 Å². The van der Waals surface area contributed by atoms with Gasteiger partial charge in [0.2, 0.25) is 0 Å². The molecular weight excluding hydrogens is 381 g/mol. The highest BCUT2D eigenvalue weighted by Gasteiger charge is 2.11. The first kappa shape index (κ1) is 15.5. The fourth-order valence-electron chi connectivity index (χ4n) is 1.59. The van der Waals surface area contributed by atoms with Crippen LogP contribution in [0.15, 0.2) is 53.5 Å². The summed E-state index contributed by atoms with van der Waals surface area (Å²) in [5.41, 5.74) is 1.84. The zero-order chi connectivity index (χ0) is 15.2. The summed E-state index contributed by atoms with van der Waals surface area (Å²) in [7, 11) is 0. The highest BCUT2D eigenvalue weighted by molar-refractivity contribution is 14.1. The number of carboxylic acids is 1. The van der Waals surface area contributed by atoms with Crippen LogP contribution in [0.25, 0.3) is 0 Å². The maximum absolute atomic E-state index is 10.7. The van der Waals surface area contributed by atoms with Crippen LogP contribution in [0.1, 0.15) is 12.5 Å². The van der Waals surface area contributed by atoms with Crippen LogP contribution >= 0.6 is 22.6 Å². The molecule has 2 aromatic carbocycles. The van der Waals surface area contributed by atoms with Crippen LogP contribution in [0.4, 0.5) is 5.69 Å². The molecule has 0 aliphatic rings. The van der Waals surface area contributed by atoms with Crippen molar-refractivity contribution in [1.82, 2.24) is 0 Å². The third-order valence-corrected chi connectivity index (χ3v) is 3.66. The SMILES string of the molecule is C[C@@H](Oc1ccc(C=Nc2ccccc2I)cc1)C(=O)O. The Morgan fingerprint density at radius 1 is 1.24 bits per heavy atom. The summed E-state index contributed by atoms with van der Waals surface area (Å²) in [5, 5.41) is 8.79. The predicted octanol–water partition coefficient (Wildman–Crippen LogP) is 3.89. The van der Waals surface area contributed by atoms with E-state index in [1.54, 1.807) is 18.3 Å². The quantitative estimate of drug-likeness (QED) is 0.617. The lowest BCUT2D eigenvalue weighted by Crippen LogP contribution is -2.22. The van der Waals surface area contributed by atoms with E-state index < -0.39 is 12.1 Å². The number of nitrogens with zero attached hydrogens (tertiary/aromatic N) is 1. The number of hydrogen-bond acceptors (Lipinski definition) is 3. The van der Waals surface area contributed by atoms with Gasteiger partial charge >= 0.3 is 5.97 Å². The van der Waals surface area contributed by atoms with E-state index in [0.717, 1.165) is 14.8 Å². The Kier molecular flexibility index (Phi) is 5.32. The lowest BCUT2D eigenvalue weighted by molar-refractivity contribution is -0.144. The van der Waals surface area contributed by atoms with Crippen molar-refractivity contribution in [3.05, 3.63) is 57.7 Å². The summed E-state index contributed by atoms with van der Waals surface area (Å²) >= 11 is 2.24. The Morgan fingerprint density at radius 3 is 2.52 bits per heavy atom. The Labute approximate surface area is 136 Å². The zero-order valence-electron chi connectivity index (χ0n) is 11.4. The monoisotopic (exact) mass is 395 g/mol. The average Bonchev–Trinajstić information content (AvgIpc) is 2.48. The van der Waals surface area contributed by atoms with Crippen LogP contribution in [-0.4, -0.2) is 23.4 Å². The van der Waals surface area contributed by atoms with Crippen molar-refractivity contribution in [3.8, 4) is 5.75 Å².